The molecular weight excluding hydrogens is 266 g/mol. The molecule has 0 bridgehead atoms. The lowest BCUT2D eigenvalue weighted by atomic mass is 10.5. The van der Waals surface area contributed by atoms with Crippen molar-refractivity contribution in [2.24, 2.45) is 7.05 Å². The van der Waals surface area contributed by atoms with Gasteiger partial charge in [-0.1, -0.05) is 5.10 Å². The van der Waals surface area contributed by atoms with Gasteiger partial charge in [-0.2, -0.15) is 0 Å². The first-order valence-corrected chi connectivity index (χ1v) is 5.63. The zero-order chi connectivity index (χ0) is 9.97. The highest BCUT2D eigenvalue weighted by Gasteiger charge is 2.04. The summed E-state index contributed by atoms with van der Waals surface area (Å²) in [5, 5.41) is 16.3. The summed E-state index contributed by atoms with van der Waals surface area (Å²) in [5.74, 6) is 0.672. The normalized spacial score (nSPS) is 10.4. The van der Waals surface area contributed by atoms with Gasteiger partial charge in [0.15, 0.2) is 0 Å². The average molecular weight is 274 g/mol. The number of halogens is 1. The van der Waals surface area contributed by atoms with Crippen molar-refractivity contribution in [3.05, 3.63) is 20.8 Å². The molecule has 0 saturated carbocycles. The van der Waals surface area contributed by atoms with Gasteiger partial charge in [0.2, 0.25) is 5.95 Å². The smallest absolute Gasteiger partial charge is 0.242 e. The van der Waals surface area contributed by atoms with Crippen LogP contribution in [-0.4, -0.2) is 20.2 Å². The van der Waals surface area contributed by atoms with E-state index in [0.717, 1.165) is 11.0 Å². The predicted octanol–water partition coefficient (Wildman–Crippen LogP) is 1.65. The summed E-state index contributed by atoms with van der Waals surface area (Å²) in [5.41, 5.74) is 0. The van der Waals surface area contributed by atoms with Gasteiger partial charge >= 0.3 is 0 Å². The van der Waals surface area contributed by atoms with Gasteiger partial charge in [0.1, 0.15) is 0 Å². The molecule has 0 atom stereocenters. The number of nitrogens with one attached hydrogen (secondary N) is 1. The van der Waals surface area contributed by atoms with Crippen LogP contribution in [0.3, 0.4) is 0 Å². The molecular formula is C7H8BrN5S. The highest BCUT2D eigenvalue weighted by Crippen LogP contribution is 2.22. The van der Waals surface area contributed by atoms with E-state index < -0.39 is 0 Å². The van der Waals surface area contributed by atoms with E-state index in [1.54, 1.807) is 23.1 Å². The van der Waals surface area contributed by atoms with E-state index in [1.165, 1.54) is 4.88 Å². The van der Waals surface area contributed by atoms with E-state index in [4.69, 9.17) is 0 Å². The zero-order valence-corrected chi connectivity index (χ0v) is 9.84. The van der Waals surface area contributed by atoms with Crippen LogP contribution in [0.1, 0.15) is 4.88 Å². The van der Waals surface area contributed by atoms with Gasteiger partial charge in [-0.15, -0.1) is 11.3 Å². The van der Waals surface area contributed by atoms with Crippen LogP contribution in [0, 0.1) is 0 Å². The van der Waals surface area contributed by atoms with Gasteiger partial charge in [-0.25, -0.2) is 4.68 Å². The largest absolute Gasteiger partial charge is 0.348 e. The molecule has 0 saturated heterocycles. The first-order valence-electron chi connectivity index (χ1n) is 3.95. The number of hydrogen-bond donors (Lipinski definition) is 1. The lowest BCUT2D eigenvalue weighted by Crippen LogP contribution is -2.04. The minimum atomic E-state index is 0.672. The fourth-order valence-corrected chi connectivity index (χ4v) is 2.42. The fraction of sp³-hybridized carbons (Fsp3) is 0.286. The van der Waals surface area contributed by atoms with Crippen LogP contribution >= 0.6 is 27.3 Å². The Kier molecular flexibility index (Phi) is 2.78. The van der Waals surface area contributed by atoms with Crippen molar-refractivity contribution < 1.29 is 0 Å². The summed E-state index contributed by atoms with van der Waals surface area (Å²) in [7, 11) is 1.80. The van der Waals surface area contributed by atoms with Crippen molar-refractivity contribution in [1.29, 1.82) is 0 Å². The van der Waals surface area contributed by atoms with Gasteiger partial charge in [-0.05, 0) is 37.8 Å². The Morgan fingerprint density at radius 3 is 3.07 bits per heavy atom. The second-order valence-corrected chi connectivity index (χ2v) is 4.53. The molecule has 0 aliphatic heterocycles. The quantitative estimate of drug-likeness (QED) is 0.924. The van der Waals surface area contributed by atoms with Gasteiger partial charge in [0, 0.05) is 16.4 Å². The fourth-order valence-electron chi connectivity index (χ4n) is 0.990. The minimum Gasteiger partial charge on any atom is -0.348 e. The summed E-state index contributed by atoms with van der Waals surface area (Å²) in [6, 6.07) is 2.02. The molecule has 14 heavy (non-hydrogen) atoms. The molecule has 74 valence electrons. The minimum absolute atomic E-state index is 0.672. The van der Waals surface area contributed by atoms with Crippen LogP contribution < -0.4 is 5.32 Å². The third-order valence-corrected chi connectivity index (χ3v) is 3.64. The molecule has 0 unspecified atom stereocenters. The Morgan fingerprint density at radius 2 is 2.50 bits per heavy atom. The Labute approximate surface area is 93.3 Å². The van der Waals surface area contributed by atoms with Gasteiger partial charge < -0.3 is 5.32 Å². The molecule has 0 fully saturated rings. The van der Waals surface area contributed by atoms with E-state index in [0.29, 0.717) is 5.95 Å². The molecule has 1 N–H and O–H groups in total. The Bertz CT molecular complexity index is 383. The molecule has 0 aliphatic rings. The summed E-state index contributed by atoms with van der Waals surface area (Å²) >= 11 is 5.15. The molecule has 0 radical (unpaired) electrons. The van der Waals surface area contributed by atoms with Crippen molar-refractivity contribution in [2.75, 3.05) is 5.32 Å². The summed E-state index contributed by atoms with van der Waals surface area (Å²) < 4.78 is 2.71. The molecule has 5 nitrogen and oxygen atoms in total. The van der Waals surface area contributed by atoms with E-state index in [9.17, 15) is 0 Å². The van der Waals surface area contributed by atoms with Crippen molar-refractivity contribution >= 4 is 33.2 Å². The second-order valence-electron chi connectivity index (χ2n) is 2.67. The first kappa shape index (κ1) is 9.60. The molecule has 2 heterocycles. The van der Waals surface area contributed by atoms with Crippen molar-refractivity contribution in [1.82, 2.24) is 20.2 Å². The van der Waals surface area contributed by atoms with Crippen LogP contribution in [0.5, 0.6) is 0 Å². The number of rotatable bonds is 3. The lowest BCUT2D eigenvalue weighted by Gasteiger charge is -2.01. The second kappa shape index (κ2) is 4.05. The number of aryl methyl sites for hydroxylation is 1. The molecule has 2 aromatic heterocycles. The molecule has 7 heteroatoms. The van der Waals surface area contributed by atoms with E-state index in [-0.39, 0.29) is 0 Å². The number of nitrogens with zero attached hydrogens (tertiary/aromatic N) is 4. The van der Waals surface area contributed by atoms with Gasteiger partial charge in [-0.3, -0.25) is 0 Å². The maximum Gasteiger partial charge on any atom is 0.242 e. The molecule has 0 amide bonds. The summed E-state index contributed by atoms with van der Waals surface area (Å²) in [6.45, 7) is 0.729. The van der Waals surface area contributed by atoms with Gasteiger partial charge in [0.25, 0.3) is 0 Å². The monoisotopic (exact) mass is 273 g/mol. The van der Waals surface area contributed by atoms with Crippen LogP contribution in [-0.2, 0) is 13.6 Å². The molecule has 0 aliphatic carbocycles. The number of hydrogen-bond acceptors (Lipinski definition) is 5. The van der Waals surface area contributed by atoms with Crippen LogP contribution in [0.2, 0.25) is 0 Å². The molecule has 2 aromatic rings. The average Bonchev–Trinajstić information content (AvgIpc) is 2.72. The highest BCUT2D eigenvalue weighted by molar-refractivity contribution is 9.10. The highest BCUT2D eigenvalue weighted by atomic mass is 79.9. The first-order chi connectivity index (χ1) is 6.77. The van der Waals surface area contributed by atoms with Crippen LogP contribution in [0.4, 0.5) is 5.95 Å². The standard InChI is InChI=1S/C7H8BrN5S/c1-13-7(10-11-12-13)9-4-6-5(8)2-3-14-6/h2-3H,4H2,1H3,(H,9,10,12). The molecule has 0 spiro atoms. The van der Waals surface area contributed by atoms with E-state index in [2.05, 4.69) is 36.8 Å². The zero-order valence-electron chi connectivity index (χ0n) is 7.44. The van der Waals surface area contributed by atoms with Crippen molar-refractivity contribution in [3.8, 4) is 0 Å². The van der Waals surface area contributed by atoms with Gasteiger partial charge in [0.05, 0.1) is 6.54 Å². The Morgan fingerprint density at radius 1 is 1.64 bits per heavy atom. The molecule has 0 aromatic carbocycles. The van der Waals surface area contributed by atoms with Crippen molar-refractivity contribution in [3.63, 3.8) is 0 Å². The Hall–Kier alpha value is -0.950. The van der Waals surface area contributed by atoms with Crippen LogP contribution in [0.15, 0.2) is 15.9 Å². The SMILES string of the molecule is Cn1nnnc1NCc1sccc1Br. The maximum absolute atomic E-state index is 3.82. The molecule has 2 rings (SSSR count). The predicted molar refractivity (Wildman–Crippen MR) is 58.1 cm³/mol. The Balaban J connectivity index is 2.02. The van der Waals surface area contributed by atoms with E-state index in [1.807, 2.05) is 11.4 Å². The number of tetrazole rings is 1. The summed E-state index contributed by atoms with van der Waals surface area (Å²) in [6.07, 6.45) is 0. The third-order valence-electron chi connectivity index (χ3n) is 1.72. The maximum atomic E-state index is 3.82. The number of thiophene rings is 1. The lowest BCUT2D eigenvalue weighted by molar-refractivity contribution is 0.712. The number of anilines is 1. The third kappa shape index (κ3) is 1.93. The van der Waals surface area contributed by atoms with Crippen molar-refractivity contribution in [2.45, 2.75) is 6.54 Å². The topological polar surface area (TPSA) is 55.6 Å². The van der Waals surface area contributed by atoms with E-state index >= 15 is 0 Å². The summed E-state index contributed by atoms with van der Waals surface area (Å²) in [4.78, 5) is 1.23. The number of aromatic nitrogens is 4. The van der Waals surface area contributed by atoms with Crippen LogP contribution in [0.25, 0.3) is 0 Å².